The SMILES string of the molecule is CN(C)c1ccc(CN(CC2CCCO2)C(=O)c2ccc(OCc3nccn3C)cc2)cc1. The number of ether oxygens (including phenoxy) is 2. The van der Waals surface area contributed by atoms with Crippen LogP contribution in [0, 0.1) is 0 Å². The zero-order chi connectivity index (χ0) is 23.2. The van der Waals surface area contributed by atoms with E-state index in [1.54, 1.807) is 6.20 Å². The summed E-state index contributed by atoms with van der Waals surface area (Å²) in [6.07, 6.45) is 5.76. The third-order valence-corrected chi connectivity index (χ3v) is 5.95. The van der Waals surface area contributed by atoms with E-state index in [-0.39, 0.29) is 12.0 Å². The fourth-order valence-corrected chi connectivity index (χ4v) is 3.93. The first-order valence-corrected chi connectivity index (χ1v) is 11.4. The third-order valence-electron chi connectivity index (χ3n) is 5.95. The minimum atomic E-state index is -0.00200. The van der Waals surface area contributed by atoms with Crippen LogP contribution in [0.4, 0.5) is 5.69 Å². The van der Waals surface area contributed by atoms with Crippen LogP contribution in [0.1, 0.15) is 34.6 Å². The maximum atomic E-state index is 13.4. The molecule has 1 aliphatic heterocycles. The zero-order valence-electron chi connectivity index (χ0n) is 19.6. The van der Waals surface area contributed by atoms with Crippen LogP contribution in [0.5, 0.6) is 5.75 Å². The first kappa shape index (κ1) is 22.9. The van der Waals surface area contributed by atoms with Gasteiger partial charge in [-0.2, -0.15) is 0 Å². The van der Waals surface area contributed by atoms with Gasteiger partial charge in [0.25, 0.3) is 5.91 Å². The van der Waals surface area contributed by atoms with E-state index in [9.17, 15) is 4.79 Å². The fourth-order valence-electron chi connectivity index (χ4n) is 3.93. The second-order valence-electron chi connectivity index (χ2n) is 8.65. The normalized spacial score (nSPS) is 15.4. The van der Waals surface area contributed by atoms with Crippen LogP contribution in [-0.4, -0.2) is 53.7 Å². The lowest BCUT2D eigenvalue weighted by Gasteiger charge is -2.26. The number of anilines is 1. The molecule has 2 heterocycles. The van der Waals surface area contributed by atoms with Crippen molar-refractivity contribution in [3.8, 4) is 5.75 Å². The quantitative estimate of drug-likeness (QED) is 0.497. The summed E-state index contributed by atoms with van der Waals surface area (Å²) >= 11 is 0. The van der Waals surface area contributed by atoms with Crippen LogP contribution in [0.25, 0.3) is 0 Å². The number of nitrogens with zero attached hydrogens (tertiary/aromatic N) is 4. The molecular formula is C26H32N4O3. The number of rotatable bonds is 9. The highest BCUT2D eigenvalue weighted by Crippen LogP contribution is 2.20. The van der Waals surface area contributed by atoms with E-state index >= 15 is 0 Å². The van der Waals surface area contributed by atoms with Crippen LogP contribution in [0.15, 0.2) is 60.9 Å². The summed E-state index contributed by atoms with van der Waals surface area (Å²) in [5.41, 5.74) is 2.88. The summed E-state index contributed by atoms with van der Waals surface area (Å²) in [7, 11) is 5.97. The van der Waals surface area contributed by atoms with Gasteiger partial charge in [0.2, 0.25) is 0 Å². The van der Waals surface area contributed by atoms with E-state index in [4.69, 9.17) is 9.47 Å². The molecule has 0 bridgehead atoms. The smallest absolute Gasteiger partial charge is 0.254 e. The predicted octanol–water partition coefficient (Wildman–Crippen LogP) is 3.89. The number of imidazole rings is 1. The van der Waals surface area contributed by atoms with Crippen molar-refractivity contribution in [3.05, 3.63) is 77.9 Å². The van der Waals surface area contributed by atoms with E-state index in [0.717, 1.165) is 36.5 Å². The number of benzene rings is 2. The van der Waals surface area contributed by atoms with E-state index in [2.05, 4.69) is 34.1 Å². The van der Waals surface area contributed by atoms with Crippen molar-refractivity contribution in [3.63, 3.8) is 0 Å². The molecule has 4 rings (SSSR count). The summed E-state index contributed by atoms with van der Waals surface area (Å²) in [6, 6.07) is 15.7. The molecule has 0 saturated carbocycles. The van der Waals surface area contributed by atoms with Crippen molar-refractivity contribution in [1.82, 2.24) is 14.5 Å². The van der Waals surface area contributed by atoms with Crippen LogP contribution < -0.4 is 9.64 Å². The molecular weight excluding hydrogens is 416 g/mol. The predicted molar refractivity (Wildman–Crippen MR) is 128 cm³/mol. The first-order valence-electron chi connectivity index (χ1n) is 11.4. The average Bonchev–Trinajstić information content (AvgIpc) is 3.49. The van der Waals surface area contributed by atoms with Crippen molar-refractivity contribution in [2.75, 3.05) is 32.1 Å². The standard InChI is InChI=1S/C26H32N4O3/c1-28(2)22-10-6-20(7-11-22)17-30(18-24-5-4-16-32-24)26(31)21-8-12-23(13-9-21)33-19-25-27-14-15-29(25)3/h6-15,24H,4-5,16-19H2,1-3H3. The molecule has 1 amide bonds. The maximum Gasteiger partial charge on any atom is 0.254 e. The Bertz CT molecular complexity index is 1040. The van der Waals surface area contributed by atoms with Gasteiger partial charge in [-0.1, -0.05) is 12.1 Å². The summed E-state index contributed by atoms with van der Waals surface area (Å²) < 4.78 is 13.6. The minimum Gasteiger partial charge on any atom is -0.486 e. The number of hydrogen-bond donors (Lipinski definition) is 0. The molecule has 1 unspecified atom stereocenters. The molecule has 1 fully saturated rings. The van der Waals surface area contributed by atoms with Gasteiger partial charge in [-0.25, -0.2) is 4.98 Å². The highest BCUT2D eigenvalue weighted by molar-refractivity contribution is 5.94. The highest BCUT2D eigenvalue weighted by Gasteiger charge is 2.24. The average molecular weight is 449 g/mol. The molecule has 7 heteroatoms. The van der Waals surface area contributed by atoms with Crippen LogP contribution in [0.2, 0.25) is 0 Å². The van der Waals surface area contributed by atoms with E-state index in [1.165, 1.54) is 0 Å². The molecule has 33 heavy (non-hydrogen) atoms. The molecule has 1 aliphatic rings. The summed E-state index contributed by atoms with van der Waals surface area (Å²) in [5, 5.41) is 0. The lowest BCUT2D eigenvalue weighted by molar-refractivity contribution is 0.0507. The van der Waals surface area contributed by atoms with Gasteiger partial charge >= 0.3 is 0 Å². The molecule has 1 atom stereocenters. The monoisotopic (exact) mass is 448 g/mol. The fraction of sp³-hybridized carbons (Fsp3) is 0.385. The summed E-state index contributed by atoms with van der Waals surface area (Å²) in [6.45, 7) is 2.28. The van der Waals surface area contributed by atoms with Crippen LogP contribution in [-0.2, 0) is 24.9 Å². The number of carbonyl (C=O) groups excluding carboxylic acids is 1. The first-order chi connectivity index (χ1) is 16.0. The second-order valence-corrected chi connectivity index (χ2v) is 8.65. The lowest BCUT2D eigenvalue weighted by atomic mass is 10.1. The summed E-state index contributed by atoms with van der Waals surface area (Å²) in [4.78, 5) is 21.6. The molecule has 0 radical (unpaired) electrons. The van der Waals surface area contributed by atoms with Crippen molar-refractivity contribution < 1.29 is 14.3 Å². The number of carbonyl (C=O) groups is 1. The molecule has 0 aliphatic carbocycles. The number of hydrogen-bond acceptors (Lipinski definition) is 5. The molecule has 174 valence electrons. The van der Waals surface area contributed by atoms with Crippen molar-refractivity contribution in [2.24, 2.45) is 7.05 Å². The Labute approximate surface area is 195 Å². The van der Waals surface area contributed by atoms with Crippen LogP contribution in [0.3, 0.4) is 0 Å². The molecule has 0 spiro atoms. The molecule has 7 nitrogen and oxygen atoms in total. The number of aromatic nitrogens is 2. The molecule has 0 N–H and O–H groups in total. The highest BCUT2D eigenvalue weighted by atomic mass is 16.5. The minimum absolute atomic E-state index is 0.00200. The van der Waals surface area contributed by atoms with Gasteiger partial charge in [0.05, 0.1) is 6.10 Å². The van der Waals surface area contributed by atoms with Gasteiger partial charge in [0, 0.05) is 64.5 Å². The largest absolute Gasteiger partial charge is 0.486 e. The maximum absolute atomic E-state index is 13.4. The van der Waals surface area contributed by atoms with E-state index in [1.807, 2.05) is 61.1 Å². The van der Waals surface area contributed by atoms with Crippen molar-refractivity contribution >= 4 is 11.6 Å². The Morgan fingerprint density at radius 1 is 1.15 bits per heavy atom. The topological polar surface area (TPSA) is 59.8 Å². The van der Waals surface area contributed by atoms with Gasteiger partial charge < -0.3 is 23.8 Å². The zero-order valence-corrected chi connectivity index (χ0v) is 19.6. The van der Waals surface area contributed by atoms with Crippen molar-refractivity contribution in [2.45, 2.75) is 32.1 Å². The Morgan fingerprint density at radius 2 is 1.91 bits per heavy atom. The Kier molecular flexibility index (Phi) is 7.29. The van der Waals surface area contributed by atoms with Gasteiger partial charge in [-0.05, 0) is 54.8 Å². The molecule has 1 aromatic heterocycles. The van der Waals surface area contributed by atoms with Gasteiger partial charge in [0.1, 0.15) is 18.2 Å². The van der Waals surface area contributed by atoms with Gasteiger partial charge in [-0.15, -0.1) is 0 Å². The number of amides is 1. The van der Waals surface area contributed by atoms with Crippen LogP contribution >= 0.6 is 0 Å². The lowest BCUT2D eigenvalue weighted by Crippen LogP contribution is -2.37. The molecule has 3 aromatic rings. The Balaban J connectivity index is 1.44. The molecule has 2 aromatic carbocycles. The Hall–Kier alpha value is -3.32. The third kappa shape index (κ3) is 5.93. The second kappa shape index (κ2) is 10.5. The van der Waals surface area contributed by atoms with E-state index in [0.29, 0.717) is 31.0 Å². The van der Waals surface area contributed by atoms with Gasteiger partial charge in [0.15, 0.2) is 0 Å². The molecule has 1 saturated heterocycles. The summed E-state index contributed by atoms with van der Waals surface area (Å²) in [5.74, 6) is 1.55. The number of aryl methyl sites for hydroxylation is 1. The van der Waals surface area contributed by atoms with E-state index < -0.39 is 0 Å². The Morgan fingerprint density at radius 3 is 2.52 bits per heavy atom. The van der Waals surface area contributed by atoms with Crippen molar-refractivity contribution in [1.29, 1.82) is 0 Å². The van der Waals surface area contributed by atoms with Gasteiger partial charge in [-0.3, -0.25) is 4.79 Å².